The van der Waals surface area contributed by atoms with Gasteiger partial charge in [-0.1, -0.05) is 19.1 Å². The number of aromatic nitrogens is 2. The molecule has 0 saturated heterocycles. The highest BCUT2D eigenvalue weighted by molar-refractivity contribution is 5.29. The predicted molar refractivity (Wildman–Crippen MR) is 60.5 cm³/mol. The number of H-pyrrole nitrogens is 1. The van der Waals surface area contributed by atoms with Gasteiger partial charge in [-0.15, -0.1) is 0 Å². The summed E-state index contributed by atoms with van der Waals surface area (Å²) in [4.78, 5) is 0. The smallest absolute Gasteiger partial charge is 0.123 e. The molecule has 0 bridgehead atoms. The van der Waals surface area contributed by atoms with Crippen molar-refractivity contribution in [3.05, 3.63) is 53.6 Å². The van der Waals surface area contributed by atoms with Crippen LogP contribution in [0.2, 0.25) is 0 Å². The minimum atomic E-state index is -0.216. The van der Waals surface area contributed by atoms with Gasteiger partial charge in [0.1, 0.15) is 5.82 Å². The van der Waals surface area contributed by atoms with Crippen molar-refractivity contribution in [3.8, 4) is 0 Å². The maximum Gasteiger partial charge on any atom is 0.123 e. The Kier molecular flexibility index (Phi) is 3.31. The Morgan fingerprint density at radius 3 is 2.62 bits per heavy atom. The molecular weight excluding hydrogens is 205 g/mol. The van der Waals surface area contributed by atoms with Gasteiger partial charge in [0.2, 0.25) is 0 Å². The number of nitrogens with one attached hydrogen (secondary N) is 2. The minimum absolute atomic E-state index is 0.0596. The second-order valence-corrected chi connectivity index (χ2v) is 3.57. The van der Waals surface area contributed by atoms with Gasteiger partial charge in [0.15, 0.2) is 0 Å². The lowest BCUT2D eigenvalue weighted by Crippen LogP contribution is -2.21. The number of hydrogen-bond donors (Lipinski definition) is 2. The Morgan fingerprint density at radius 1 is 1.31 bits per heavy atom. The van der Waals surface area contributed by atoms with Crippen LogP contribution in [0.1, 0.15) is 24.1 Å². The lowest BCUT2D eigenvalue weighted by atomic mass is 10.0. The van der Waals surface area contributed by atoms with E-state index in [0.29, 0.717) is 0 Å². The van der Waals surface area contributed by atoms with E-state index < -0.39 is 0 Å². The van der Waals surface area contributed by atoms with E-state index in [1.165, 1.54) is 12.1 Å². The van der Waals surface area contributed by atoms with Crippen LogP contribution in [0.5, 0.6) is 0 Å². The van der Waals surface area contributed by atoms with E-state index in [1.807, 2.05) is 13.1 Å². The second kappa shape index (κ2) is 4.90. The average Bonchev–Trinajstić information content (AvgIpc) is 2.81. The first kappa shape index (κ1) is 10.8. The molecule has 0 spiro atoms. The predicted octanol–water partition coefficient (Wildman–Crippen LogP) is 2.25. The van der Waals surface area contributed by atoms with E-state index in [4.69, 9.17) is 0 Å². The molecule has 0 saturated carbocycles. The summed E-state index contributed by atoms with van der Waals surface area (Å²) in [5.74, 6) is -0.216. The Balaban J connectivity index is 2.29. The van der Waals surface area contributed by atoms with Crippen molar-refractivity contribution >= 4 is 0 Å². The monoisotopic (exact) mass is 219 g/mol. The summed E-state index contributed by atoms with van der Waals surface area (Å²) >= 11 is 0. The molecule has 0 aliphatic carbocycles. The van der Waals surface area contributed by atoms with E-state index in [-0.39, 0.29) is 11.9 Å². The SMILES string of the molecule is CCNC(c1ccc(F)cc1)c1cn[nH]c1. The third kappa shape index (κ3) is 2.28. The molecule has 4 heteroatoms. The zero-order chi connectivity index (χ0) is 11.4. The van der Waals surface area contributed by atoms with Crippen LogP contribution in [0.15, 0.2) is 36.7 Å². The van der Waals surface area contributed by atoms with E-state index in [9.17, 15) is 4.39 Å². The largest absolute Gasteiger partial charge is 0.306 e. The third-order valence-electron chi connectivity index (χ3n) is 2.46. The molecule has 84 valence electrons. The molecule has 0 aliphatic rings. The van der Waals surface area contributed by atoms with Gasteiger partial charge in [-0.05, 0) is 24.2 Å². The second-order valence-electron chi connectivity index (χ2n) is 3.57. The zero-order valence-electron chi connectivity index (χ0n) is 9.07. The van der Waals surface area contributed by atoms with Gasteiger partial charge in [0.25, 0.3) is 0 Å². The van der Waals surface area contributed by atoms with E-state index in [1.54, 1.807) is 18.3 Å². The van der Waals surface area contributed by atoms with Gasteiger partial charge < -0.3 is 5.32 Å². The van der Waals surface area contributed by atoms with Crippen molar-refractivity contribution in [2.24, 2.45) is 0 Å². The molecule has 0 fully saturated rings. The highest BCUT2D eigenvalue weighted by Gasteiger charge is 2.13. The van der Waals surface area contributed by atoms with Crippen LogP contribution in [0.25, 0.3) is 0 Å². The number of nitrogens with zero attached hydrogens (tertiary/aromatic N) is 1. The van der Waals surface area contributed by atoms with E-state index in [2.05, 4.69) is 15.5 Å². The minimum Gasteiger partial charge on any atom is -0.306 e. The fraction of sp³-hybridized carbons (Fsp3) is 0.250. The van der Waals surface area contributed by atoms with Crippen molar-refractivity contribution in [2.45, 2.75) is 13.0 Å². The zero-order valence-corrected chi connectivity index (χ0v) is 9.07. The molecule has 2 N–H and O–H groups in total. The van der Waals surface area contributed by atoms with Crippen LogP contribution in [-0.4, -0.2) is 16.7 Å². The van der Waals surface area contributed by atoms with Crippen LogP contribution >= 0.6 is 0 Å². The first-order valence-electron chi connectivity index (χ1n) is 5.28. The van der Waals surface area contributed by atoms with Gasteiger partial charge in [-0.3, -0.25) is 5.10 Å². The normalized spacial score (nSPS) is 12.6. The standard InChI is InChI=1S/C12H14FN3/c1-2-14-12(10-7-15-16-8-10)9-3-5-11(13)6-4-9/h3-8,12,14H,2H2,1H3,(H,15,16). The fourth-order valence-corrected chi connectivity index (χ4v) is 1.71. The van der Waals surface area contributed by atoms with E-state index >= 15 is 0 Å². The molecule has 1 aromatic carbocycles. The van der Waals surface area contributed by atoms with Gasteiger partial charge in [-0.25, -0.2) is 4.39 Å². The molecule has 1 atom stereocenters. The van der Waals surface area contributed by atoms with Crippen molar-refractivity contribution < 1.29 is 4.39 Å². The average molecular weight is 219 g/mol. The Hall–Kier alpha value is -1.68. The summed E-state index contributed by atoms with van der Waals surface area (Å²) in [6, 6.07) is 6.58. The molecule has 1 aromatic heterocycles. The first-order valence-corrected chi connectivity index (χ1v) is 5.28. The molecule has 16 heavy (non-hydrogen) atoms. The first-order chi connectivity index (χ1) is 7.81. The maximum absolute atomic E-state index is 12.8. The van der Waals surface area contributed by atoms with Crippen LogP contribution in [0, 0.1) is 5.82 Å². The lowest BCUT2D eigenvalue weighted by Gasteiger charge is -2.16. The van der Waals surface area contributed by atoms with Crippen molar-refractivity contribution in [2.75, 3.05) is 6.54 Å². The number of halogens is 1. The lowest BCUT2D eigenvalue weighted by molar-refractivity contribution is 0.614. The molecule has 3 nitrogen and oxygen atoms in total. The maximum atomic E-state index is 12.8. The van der Waals surface area contributed by atoms with Crippen molar-refractivity contribution in [1.82, 2.24) is 15.5 Å². The topological polar surface area (TPSA) is 40.7 Å². The van der Waals surface area contributed by atoms with Crippen LogP contribution in [0.4, 0.5) is 4.39 Å². The summed E-state index contributed by atoms with van der Waals surface area (Å²) in [7, 11) is 0. The molecular formula is C12H14FN3. The van der Waals surface area contributed by atoms with Crippen molar-refractivity contribution in [3.63, 3.8) is 0 Å². The van der Waals surface area contributed by atoms with E-state index in [0.717, 1.165) is 17.7 Å². The molecule has 2 aromatic rings. The van der Waals surface area contributed by atoms with Crippen LogP contribution in [-0.2, 0) is 0 Å². The summed E-state index contributed by atoms with van der Waals surface area (Å²) in [5, 5.41) is 10.1. The van der Waals surface area contributed by atoms with Gasteiger partial charge >= 0.3 is 0 Å². The Labute approximate surface area is 93.7 Å². The number of hydrogen-bond acceptors (Lipinski definition) is 2. The number of benzene rings is 1. The molecule has 0 radical (unpaired) electrons. The summed E-state index contributed by atoms with van der Waals surface area (Å²) < 4.78 is 12.8. The molecule has 2 rings (SSSR count). The summed E-state index contributed by atoms with van der Waals surface area (Å²) in [5.41, 5.74) is 2.08. The quantitative estimate of drug-likeness (QED) is 0.828. The number of aromatic amines is 1. The molecule has 0 aliphatic heterocycles. The van der Waals surface area contributed by atoms with Gasteiger partial charge in [0.05, 0.1) is 12.2 Å². The summed E-state index contributed by atoms with van der Waals surface area (Å²) in [6.07, 6.45) is 3.62. The summed E-state index contributed by atoms with van der Waals surface area (Å²) in [6.45, 7) is 2.88. The van der Waals surface area contributed by atoms with Gasteiger partial charge in [0, 0.05) is 11.8 Å². The molecule has 0 amide bonds. The Morgan fingerprint density at radius 2 is 2.06 bits per heavy atom. The highest BCUT2D eigenvalue weighted by atomic mass is 19.1. The van der Waals surface area contributed by atoms with Gasteiger partial charge in [-0.2, -0.15) is 5.10 Å². The highest BCUT2D eigenvalue weighted by Crippen LogP contribution is 2.20. The molecule has 1 heterocycles. The molecule has 1 unspecified atom stereocenters. The fourth-order valence-electron chi connectivity index (χ4n) is 1.71. The number of rotatable bonds is 4. The third-order valence-corrected chi connectivity index (χ3v) is 2.46. The Bertz CT molecular complexity index is 422. The van der Waals surface area contributed by atoms with Crippen molar-refractivity contribution in [1.29, 1.82) is 0 Å². The van der Waals surface area contributed by atoms with Crippen LogP contribution in [0.3, 0.4) is 0 Å². The van der Waals surface area contributed by atoms with Crippen LogP contribution < -0.4 is 5.32 Å².